The molecule has 4 aromatic rings. The van der Waals surface area contributed by atoms with E-state index in [4.69, 9.17) is 8.94 Å². The zero-order valence-corrected chi connectivity index (χ0v) is 18.1. The van der Waals surface area contributed by atoms with Crippen LogP contribution < -0.4 is 0 Å². The maximum Gasteiger partial charge on any atom is 0.293 e. The Morgan fingerprint density at radius 2 is 1.76 bits per heavy atom. The molecule has 2 aromatic carbocycles. The highest BCUT2D eigenvalue weighted by Gasteiger charge is 2.21. The molecule has 0 aliphatic heterocycles. The number of furan rings is 1. The van der Waals surface area contributed by atoms with Crippen molar-refractivity contribution in [2.45, 2.75) is 24.5 Å². The average molecular weight is 473 g/mol. The Morgan fingerprint density at radius 1 is 1.00 bits per heavy atom. The van der Waals surface area contributed by atoms with E-state index >= 15 is 0 Å². The number of aromatic nitrogens is 2. The van der Waals surface area contributed by atoms with Gasteiger partial charge in [-0.25, -0.2) is 8.42 Å². The summed E-state index contributed by atoms with van der Waals surface area (Å²) in [7, 11) is -3.54. The lowest BCUT2D eigenvalue weighted by Gasteiger charge is -2.07. The summed E-state index contributed by atoms with van der Waals surface area (Å²) in [6, 6.07) is 16.0. The maximum atomic E-state index is 12.8. The Kier molecular flexibility index (Phi) is 5.14. The minimum Gasteiger partial charge on any atom is -0.455 e. The highest BCUT2D eigenvalue weighted by Crippen LogP contribution is 2.27. The van der Waals surface area contributed by atoms with E-state index < -0.39 is 9.84 Å². The van der Waals surface area contributed by atoms with Gasteiger partial charge in [0.05, 0.1) is 4.90 Å². The van der Waals surface area contributed by atoms with Crippen LogP contribution in [0, 0.1) is 13.8 Å². The van der Waals surface area contributed by atoms with Crippen LogP contribution in [0.2, 0.25) is 0 Å². The van der Waals surface area contributed by atoms with E-state index in [1.807, 2.05) is 37.3 Å². The minimum absolute atomic E-state index is 0.193. The summed E-state index contributed by atoms with van der Waals surface area (Å²) in [4.78, 5) is 4.64. The second kappa shape index (κ2) is 7.61. The van der Waals surface area contributed by atoms with Crippen LogP contribution in [0.3, 0.4) is 0 Å². The van der Waals surface area contributed by atoms with Gasteiger partial charge in [-0.15, -0.1) is 0 Å². The van der Waals surface area contributed by atoms with E-state index in [9.17, 15) is 8.42 Å². The smallest absolute Gasteiger partial charge is 0.293 e. The number of hydrogen-bond acceptors (Lipinski definition) is 6. The van der Waals surface area contributed by atoms with Gasteiger partial charge in [-0.3, -0.25) is 0 Å². The van der Waals surface area contributed by atoms with E-state index in [2.05, 4.69) is 26.1 Å². The third kappa shape index (κ3) is 4.18. The Labute approximate surface area is 176 Å². The number of halogens is 1. The van der Waals surface area contributed by atoms with Crippen LogP contribution in [0.25, 0.3) is 23.0 Å². The fourth-order valence-corrected chi connectivity index (χ4v) is 4.80. The number of benzene rings is 2. The topological polar surface area (TPSA) is 86.2 Å². The number of hydrogen-bond donors (Lipinski definition) is 0. The van der Waals surface area contributed by atoms with Gasteiger partial charge in [0.1, 0.15) is 11.5 Å². The molecule has 0 N–H and O–H groups in total. The molecule has 8 heteroatoms. The number of nitrogens with zero attached hydrogens (tertiary/aromatic N) is 2. The molecule has 0 fully saturated rings. The Bertz CT molecular complexity index is 1270. The van der Waals surface area contributed by atoms with Crippen molar-refractivity contribution in [3.05, 3.63) is 76.0 Å². The molecule has 0 bridgehead atoms. The molecule has 0 saturated carbocycles. The molecule has 29 heavy (non-hydrogen) atoms. The molecule has 0 radical (unpaired) electrons. The van der Waals surface area contributed by atoms with Crippen LogP contribution >= 0.6 is 15.9 Å². The van der Waals surface area contributed by atoms with Crippen LogP contribution in [0.5, 0.6) is 0 Å². The molecule has 4 rings (SSSR count). The maximum absolute atomic E-state index is 12.8. The second-order valence-electron chi connectivity index (χ2n) is 6.72. The third-order valence-electron chi connectivity index (χ3n) is 4.40. The first-order valence-corrected chi connectivity index (χ1v) is 11.2. The molecule has 0 saturated heterocycles. The fourth-order valence-electron chi connectivity index (χ4n) is 3.02. The predicted octanol–water partition coefficient (Wildman–Crippen LogP) is 5.35. The van der Waals surface area contributed by atoms with Gasteiger partial charge in [0, 0.05) is 10.0 Å². The van der Waals surface area contributed by atoms with Crippen molar-refractivity contribution < 1.29 is 17.4 Å². The van der Waals surface area contributed by atoms with E-state index in [-0.39, 0.29) is 11.6 Å². The number of rotatable bonds is 5. The lowest BCUT2D eigenvalue weighted by atomic mass is 10.2. The second-order valence-corrected chi connectivity index (χ2v) is 9.60. The van der Waals surface area contributed by atoms with Crippen molar-refractivity contribution in [2.24, 2.45) is 0 Å². The number of aryl methyl sites for hydroxylation is 2. The van der Waals surface area contributed by atoms with Crippen molar-refractivity contribution >= 4 is 25.8 Å². The van der Waals surface area contributed by atoms with Crippen molar-refractivity contribution in [3.63, 3.8) is 0 Å². The Morgan fingerprint density at radius 3 is 2.48 bits per heavy atom. The SMILES string of the molecule is Cc1ccc(S(=O)(=O)Cc2ccc(-c3nc(-c4ccc(Br)cc4)no3)o2)c(C)c1. The molecule has 0 amide bonds. The largest absolute Gasteiger partial charge is 0.455 e. The van der Waals surface area contributed by atoms with Gasteiger partial charge in [0.15, 0.2) is 15.6 Å². The normalized spacial score (nSPS) is 11.7. The molecular formula is C21H17BrN2O4S. The van der Waals surface area contributed by atoms with Crippen LogP contribution in [0.15, 0.2) is 72.9 Å². The first-order valence-electron chi connectivity index (χ1n) is 8.80. The molecule has 2 heterocycles. The molecule has 6 nitrogen and oxygen atoms in total. The Hall–Kier alpha value is -2.71. The van der Waals surface area contributed by atoms with Crippen molar-refractivity contribution in [2.75, 3.05) is 0 Å². The summed E-state index contributed by atoms with van der Waals surface area (Å²) >= 11 is 3.38. The molecule has 0 aliphatic carbocycles. The molecule has 2 aromatic heterocycles. The average Bonchev–Trinajstić information content (AvgIpc) is 3.31. The van der Waals surface area contributed by atoms with Gasteiger partial charge in [-0.05, 0) is 61.9 Å². The molecule has 0 aliphatic rings. The Balaban J connectivity index is 1.56. The zero-order chi connectivity index (χ0) is 20.6. The molecule has 0 spiro atoms. The van der Waals surface area contributed by atoms with Crippen LogP contribution in [-0.4, -0.2) is 18.6 Å². The lowest BCUT2D eigenvalue weighted by molar-refractivity contribution is 0.413. The van der Waals surface area contributed by atoms with Crippen molar-refractivity contribution in [1.82, 2.24) is 10.1 Å². The van der Waals surface area contributed by atoms with Crippen LogP contribution in [0.1, 0.15) is 16.9 Å². The first-order chi connectivity index (χ1) is 13.8. The van der Waals surface area contributed by atoms with Gasteiger partial charge in [-0.1, -0.05) is 38.8 Å². The minimum atomic E-state index is -3.54. The standard InChI is InChI=1S/C21H17BrN2O4S/c1-13-3-10-19(14(2)11-13)29(25,26)12-17-8-9-18(27-17)21-23-20(24-28-21)15-4-6-16(22)7-5-15/h3-11H,12H2,1-2H3. The highest BCUT2D eigenvalue weighted by atomic mass is 79.9. The van der Waals surface area contributed by atoms with E-state index in [1.165, 1.54) is 0 Å². The summed E-state index contributed by atoms with van der Waals surface area (Å²) in [5, 5.41) is 3.96. The molecule has 0 atom stereocenters. The first kappa shape index (κ1) is 19.6. The van der Waals surface area contributed by atoms with Gasteiger partial charge in [0.2, 0.25) is 5.82 Å². The quantitative estimate of drug-likeness (QED) is 0.389. The fraction of sp³-hybridized carbons (Fsp3) is 0.143. The van der Waals surface area contributed by atoms with Gasteiger partial charge < -0.3 is 8.94 Å². The van der Waals surface area contributed by atoms with Crippen molar-refractivity contribution in [1.29, 1.82) is 0 Å². The van der Waals surface area contributed by atoms with E-state index in [0.29, 0.717) is 27.8 Å². The summed E-state index contributed by atoms with van der Waals surface area (Å²) < 4.78 is 37.5. The zero-order valence-electron chi connectivity index (χ0n) is 15.7. The summed E-state index contributed by atoms with van der Waals surface area (Å²) in [6.07, 6.45) is 0. The lowest BCUT2D eigenvalue weighted by Crippen LogP contribution is -2.06. The molecule has 148 valence electrons. The number of sulfone groups is 1. The summed E-state index contributed by atoms with van der Waals surface area (Å²) in [5.74, 6) is 1.01. The van der Waals surface area contributed by atoms with E-state index in [1.54, 1.807) is 31.2 Å². The highest BCUT2D eigenvalue weighted by molar-refractivity contribution is 9.10. The predicted molar refractivity (Wildman–Crippen MR) is 112 cm³/mol. The molecular weight excluding hydrogens is 456 g/mol. The van der Waals surface area contributed by atoms with Gasteiger partial charge in [0.25, 0.3) is 5.89 Å². The van der Waals surface area contributed by atoms with Crippen LogP contribution in [0.4, 0.5) is 0 Å². The monoisotopic (exact) mass is 472 g/mol. The summed E-state index contributed by atoms with van der Waals surface area (Å²) in [6.45, 7) is 3.71. The summed E-state index contributed by atoms with van der Waals surface area (Å²) in [5.41, 5.74) is 2.53. The van der Waals surface area contributed by atoms with Gasteiger partial charge >= 0.3 is 0 Å². The third-order valence-corrected chi connectivity index (χ3v) is 6.72. The van der Waals surface area contributed by atoms with Crippen LogP contribution in [-0.2, 0) is 15.6 Å². The van der Waals surface area contributed by atoms with Crippen molar-refractivity contribution in [3.8, 4) is 23.0 Å². The van der Waals surface area contributed by atoms with Gasteiger partial charge in [-0.2, -0.15) is 4.98 Å². The molecule has 0 unspecified atom stereocenters. The van der Waals surface area contributed by atoms with E-state index in [0.717, 1.165) is 15.6 Å².